The number of nitrogens with zero attached hydrogens (tertiary/aromatic N) is 1. The Kier molecular flexibility index (Phi) is 5.43. The molecule has 0 spiro atoms. The van der Waals surface area contributed by atoms with E-state index in [2.05, 4.69) is 11.9 Å². The molecule has 0 aromatic heterocycles. The summed E-state index contributed by atoms with van der Waals surface area (Å²) in [6.45, 7) is 2.95. The number of nitrogens with one attached hydrogen (secondary N) is 1. The third kappa shape index (κ3) is 4.09. The fourth-order valence-corrected chi connectivity index (χ4v) is 3.95. The lowest BCUT2D eigenvalue weighted by Crippen LogP contribution is -2.38. The van der Waals surface area contributed by atoms with Gasteiger partial charge in [0, 0.05) is 18.3 Å². The van der Waals surface area contributed by atoms with E-state index in [1.54, 1.807) is 18.2 Å². The van der Waals surface area contributed by atoms with Gasteiger partial charge in [0.05, 0.1) is 6.54 Å². The zero-order chi connectivity index (χ0) is 19.4. The molecular formula is C18H17FN2O5S. The topological polar surface area (TPSA) is 84.9 Å². The van der Waals surface area contributed by atoms with Crippen LogP contribution in [0.5, 0.6) is 11.5 Å². The molecule has 0 aliphatic carbocycles. The number of carbonyl (C=O) groups is 1. The molecule has 0 saturated carbocycles. The van der Waals surface area contributed by atoms with Gasteiger partial charge in [-0.05, 0) is 24.3 Å². The van der Waals surface area contributed by atoms with Crippen LogP contribution in [0.3, 0.4) is 0 Å². The third-order valence-electron chi connectivity index (χ3n) is 3.76. The highest BCUT2D eigenvalue weighted by atomic mass is 32.2. The van der Waals surface area contributed by atoms with Gasteiger partial charge in [0.1, 0.15) is 10.7 Å². The Morgan fingerprint density at radius 1 is 1.22 bits per heavy atom. The van der Waals surface area contributed by atoms with Gasteiger partial charge >= 0.3 is 0 Å². The zero-order valence-corrected chi connectivity index (χ0v) is 15.0. The average molecular weight is 392 g/mol. The predicted molar refractivity (Wildman–Crippen MR) is 96.6 cm³/mol. The van der Waals surface area contributed by atoms with Crippen molar-refractivity contribution >= 4 is 21.6 Å². The Bertz CT molecular complexity index is 977. The summed E-state index contributed by atoms with van der Waals surface area (Å²) in [5, 5.41) is 2.59. The smallest absolute Gasteiger partial charge is 0.246 e. The maximum Gasteiger partial charge on any atom is 0.246 e. The van der Waals surface area contributed by atoms with Gasteiger partial charge in [-0.25, -0.2) is 12.8 Å². The molecule has 2 aromatic carbocycles. The number of carbonyl (C=O) groups excluding carboxylic acids is 1. The molecule has 1 heterocycles. The second-order valence-electron chi connectivity index (χ2n) is 5.63. The summed E-state index contributed by atoms with van der Waals surface area (Å²) in [7, 11) is -4.21. The fourth-order valence-electron chi connectivity index (χ4n) is 2.52. The van der Waals surface area contributed by atoms with Crippen LogP contribution in [-0.4, -0.2) is 38.5 Å². The number of hydrogen-bond donors (Lipinski definition) is 1. The number of rotatable bonds is 7. The van der Waals surface area contributed by atoms with Crippen LogP contribution in [0.4, 0.5) is 10.1 Å². The van der Waals surface area contributed by atoms with E-state index in [9.17, 15) is 17.6 Å². The van der Waals surface area contributed by atoms with Gasteiger partial charge in [-0.1, -0.05) is 18.2 Å². The molecule has 1 aliphatic heterocycles. The summed E-state index contributed by atoms with van der Waals surface area (Å²) in [5.74, 6) is -0.434. The average Bonchev–Trinajstić information content (AvgIpc) is 3.09. The van der Waals surface area contributed by atoms with E-state index in [0.717, 1.165) is 16.4 Å². The molecule has 1 N–H and O–H groups in total. The van der Waals surface area contributed by atoms with Gasteiger partial charge in [0.2, 0.25) is 22.7 Å². The molecule has 0 saturated heterocycles. The third-order valence-corrected chi connectivity index (χ3v) is 5.61. The number of fused-ring (bicyclic) bond motifs is 1. The lowest BCUT2D eigenvalue weighted by Gasteiger charge is -2.20. The SMILES string of the molecule is C=CCN(CC(=O)Nc1ccc2c(c1)OCO2)S(=O)(=O)c1ccccc1F. The Balaban J connectivity index is 1.77. The molecule has 27 heavy (non-hydrogen) atoms. The molecular weight excluding hydrogens is 375 g/mol. The van der Waals surface area contributed by atoms with Crippen LogP contribution < -0.4 is 14.8 Å². The number of hydrogen-bond acceptors (Lipinski definition) is 5. The monoisotopic (exact) mass is 392 g/mol. The lowest BCUT2D eigenvalue weighted by atomic mass is 10.3. The Morgan fingerprint density at radius 2 is 1.96 bits per heavy atom. The fraction of sp³-hybridized carbons (Fsp3) is 0.167. The van der Waals surface area contributed by atoms with Gasteiger partial charge in [-0.3, -0.25) is 4.79 Å². The number of benzene rings is 2. The van der Waals surface area contributed by atoms with E-state index >= 15 is 0 Å². The van der Waals surface area contributed by atoms with Gasteiger partial charge in [-0.2, -0.15) is 4.31 Å². The second kappa shape index (κ2) is 7.77. The van der Waals surface area contributed by atoms with Gasteiger partial charge < -0.3 is 14.8 Å². The van der Waals surface area contributed by atoms with Crippen LogP contribution >= 0.6 is 0 Å². The Labute approximate surface area is 156 Å². The molecule has 9 heteroatoms. The summed E-state index contributed by atoms with van der Waals surface area (Å²) < 4.78 is 50.6. The van der Waals surface area contributed by atoms with Crippen molar-refractivity contribution in [3.05, 3.63) is 60.9 Å². The Hall–Kier alpha value is -2.91. The highest BCUT2D eigenvalue weighted by molar-refractivity contribution is 7.89. The van der Waals surface area contributed by atoms with Crippen LogP contribution in [-0.2, 0) is 14.8 Å². The minimum Gasteiger partial charge on any atom is -0.454 e. The van der Waals surface area contributed by atoms with E-state index in [1.165, 1.54) is 18.2 Å². The molecule has 7 nitrogen and oxygen atoms in total. The molecule has 0 atom stereocenters. The molecule has 1 amide bonds. The normalized spacial score (nSPS) is 12.8. The Morgan fingerprint density at radius 3 is 2.70 bits per heavy atom. The highest BCUT2D eigenvalue weighted by Gasteiger charge is 2.28. The number of ether oxygens (including phenoxy) is 2. The first-order chi connectivity index (χ1) is 12.9. The first kappa shape index (κ1) is 18.9. The molecule has 0 fully saturated rings. The van der Waals surface area contributed by atoms with Crippen molar-refractivity contribution in [2.24, 2.45) is 0 Å². The van der Waals surface area contributed by atoms with E-state index in [-0.39, 0.29) is 13.3 Å². The van der Waals surface area contributed by atoms with Crippen LogP contribution in [0, 0.1) is 5.82 Å². The summed E-state index contributed by atoms with van der Waals surface area (Å²) in [4.78, 5) is 11.8. The van der Waals surface area contributed by atoms with E-state index in [1.807, 2.05) is 0 Å². The molecule has 142 valence electrons. The van der Waals surface area contributed by atoms with Crippen molar-refractivity contribution in [2.45, 2.75) is 4.90 Å². The second-order valence-corrected chi connectivity index (χ2v) is 7.54. The quantitative estimate of drug-likeness (QED) is 0.732. The van der Waals surface area contributed by atoms with Crippen molar-refractivity contribution in [1.82, 2.24) is 4.31 Å². The molecule has 0 unspecified atom stereocenters. The lowest BCUT2D eigenvalue weighted by molar-refractivity contribution is -0.116. The van der Waals surface area contributed by atoms with Gasteiger partial charge in [0.25, 0.3) is 0 Å². The van der Waals surface area contributed by atoms with Crippen LogP contribution in [0.25, 0.3) is 0 Å². The van der Waals surface area contributed by atoms with Gasteiger partial charge in [0.15, 0.2) is 11.5 Å². The van der Waals surface area contributed by atoms with Crippen molar-refractivity contribution < 1.29 is 27.1 Å². The van der Waals surface area contributed by atoms with Crippen LogP contribution in [0.15, 0.2) is 60.0 Å². The summed E-state index contributed by atoms with van der Waals surface area (Å²) in [6.07, 6.45) is 1.33. The number of sulfonamides is 1. The first-order valence-electron chi connectivity index (χ1n) is 7.97. The molecule has 1 aliphatic rings. The highest BCUT2D eigenvalue weighted by Crippen LogP contribution is 2.34. The maximum atomic E-state index is 13.9. The van der Waals surface area contributed by atoms with E-state index < -0.39 is 33.2 Å². The standard InChI is InChI=1S/C18H17FN2O5S/c1-2-9-21(27(23,24)17-6-4-3-5-14(17)19)11-18(22)20-13-7-8-15-16(10-13)26-12-25-15/h2-8,10H,1,9,11-12H2,(H,20,22). The van der Waals surface area contributed by atoms with Crippen molar-refractivity contribution in [3.63, 3.8) is 0 Å². The summed E-state index contributed by atoms with van der Waals surface area (Å²) in [6, 6.07) is 9.81. The maximum absolute atomic E-state index is 13.9. The number of halogens is 1. The molecule has 0 radical (unpaired) electrons. The van der Waals surface area contributed by atoms with Crippen molar-refractivity contribution in [1.29, 1.82) is 0 Å². The zero-order valence-electron chi connectivity index (χ0n) is 14.2. The minimum absolute atomic E-state index is 0.0979. The largest absolute Gasteiger partial charge is 0.454 e. The van der Waals surface area contributed by atoms with E-state index in [4.69, 9.17) is 9.47 Å². The van der Waals surface area contributed by atoms with Crippen molar-refractivity contribution in [3.8, 4) is 11.5 Å². The van der Waals surface area contributed by atoms with Gasteiger partial charge in [-0.15, -0.1) is 6.58 Å². The number of anilines is 1. The molecule has 0 bridgehead atoms. The van der Waals surface area contributed by atoms with E-state index in [0.29, 0.717) is 17.2 Å². The summed E-state index contributed by atoms with van der Waals surface area (Å²) in [5.41, 5.74) is 0.422. The van der Waals surface area contributed by atoms with Crippen LogP contribution in [0.1, 0.15) is 0 Å². The summed E-state index contributed by atoms with van der Waals surface area (Å²) >= 11 is 0. The van der Waals surface area contributed by atoms with Crippen molar-refractivity contribution in [2.75, 3.05) is 25.2 Å². The van der Waals surface area contributed by atoms with Crippen LogP contribution in [0.2, 0.25) is 0 Å². The minimum atomic E-state index is -4.21. The number of amides is 1. The molecule has 3 rings (SSSR count). The molecule has 2 aromatic rings. The first-order valence-corrected chi connectivity index (χ1v) is 9.41. The predicted octanol–water partition coefficient (Wildman–Crippen LogP) is 2.37.